The zero-order valence-corrected chi connectivity index (χ0v) is 26.8. The van der Waals surface area contributed by atoms with Gasteiger partial charge in [-0.3, -0.25) is 14.4 Å². The van der Waals surface area contributed by atoms with E-state index in [1.54, 1.807) is 28.8 Å². The monoisotopic (exact) mass is 651 g/mol. The van der Waals surface area contributed by atoms with Crippen molar-refractivity contribution in [1.82, 2.24) is 15.1 Å². The average Bonchev–Trinajstić information content (AvgIpc) is 3.54. The highest BCUT2D eigenvalue weighted by atomic mass is 32.2. The number of hydrogen-bond acceptors (Lipinski definition) is 5. The Bertz CT molecular complexity index is 1730. The number of carbonyl (C=O) groups excluding carboxylic acids is 1. The molecule has 0 saturated carbocycles. The minimum Gasteiger partial charge on any atom is -0.406 e. The molecule has 7 nitrogen and oxygen atoms in total. The lowest BCUT2D eigenvalue weighted by Crippen LogP contribution is -2.32. The Hall–Kier alpha value is -4.16. The van der Waals surface area contributed by atoms with Gasteiger partial charge in [-0.2, -0.15) is 10.1 Å². The van der Waals surface area contributed by atoms with Gasteiger partial charge >= 0.3 is 6.36 Å². The van der Waals surface area contributed by atoms with Gasteiger partial charge in [-0.25, -0.2) is 0 Å². The lowest BCUT2D eigenvalue weighted by atomic mass is 9.99. The molecule has 1 aliphatic rings. The number of benzene rings is 3. The second-order valence-electron chi connectivity index (χ2n) is 10.9. The lowest BCUT2D eigenvalue weighted by molar-refractivity contribution is -0.274. The van der Waals surface area contributed by atoms with Crippen molar-refractivity contribution in [2.45, 2.75) is 39.5 Å². The van der Waals surface area contributed by atoms with Crippen LogP contribution in [-0.2, 0) is 18.3 Å². The third-order valence-electron chi connectivity index (χ3n) is 7.21. The summed E-state index contributed by atoms with van der Waals surface area (Å²) < 4.78 is 43.1. The highest BCUT2D eigenvalue weighted by Crippen LogP contribution is 2.34. The maximum Gasteiger partial charge on any atom is 0.573 e. The number of nitrogens with zero attached hydrogens (tertiary/aromatic N) is 4. The van der Waals surface area contributed by atoms with E-state index in [9.17, 15) is 18.0 Å². The number of nitrogens with one attached hydrogen (secondary N) is 1. The molecule has 45 heavy (non-hydrogen) atoms. The number of amidine groups is 1. The molecule has 0 unspecified atom stereocenters. The van der Waals surface area contributed by atoms with Crippen LogP contribution in [0.3, 0.4) is 0 Å². The molecule has 0 spiro atoms. The van der Waals surface area contributed by atoms with Gasteiger partial charge in [0.05, 0.1) is 22.8 Å². The number of ether oxygens (including phenoxy) is 1. The second kappa shape index (κ2) is 13.5. The number of halogens is 3. The standard InChI is InChI=1S/C33H32F3N5O2S2/c1-20(2)26-14-5-21(3)17-29(26)41-30(42)19-45-32(41)38-31(44)37-16-15-22-6-8-23(9-7-22)27-18-28(40(4)39-27)24-10-12-25(13-11-24)43-33(34,35)36/h5-14,17-18,20H,15-16,19H2,1-4H3,(H,37,44)/b38-32-. The van der Waals surface area contributed by atoms with Gasteiger partial charge in [-0.15, -0.1) is 13.2 Å². The second-order valence-corrected chi connectivity index (χ2v) is 12.2. The van der Waals surface area contributed by atoms with Gasteiger partial charge < -0.3 is 10.1 Å². The first-order valence-electron chi connectivity index (χ1n) is 14.3. The number of thioether (sulfide) groups is 1. The topological polar surface area (TPSA) is 71.8 Å². The summed E-state index contributed by atoms with van der Waals surface area (Å²) in [5.74, 6) is 0.283. The fraction of sp³-hybridized carbons (Fsp3) is 0.273. The van der Waals surface area contributed by atoms with Crippen LogP contribution in [0.1, 0.15) is 36.5 Å². The van der Waals surface area contributed by atoms with Crippen LogP contribution in [0.25, 0.3) is 22.5 Å². The maximum atomic E-state index is 12.8. The third kappa shape index (κ3) is 7.93. The van der Waals surface area contributed by atoms with Crippen molar-refractivity contribution in [2.75, 3.05) is 17.2 Å². The van der Waals surface area contributed by atoms with Crippen LogP contribution >= 0.6 is 24.0 Å². The molecule has 0 bridgehead atoms. The van der Waals surface area contributed by atoms with E-state index >= 15 is 0 Å². The first-order valence-corrected chi connectivity index (χ1v) is 15.7. The van der Waals surface area contributed by atoms with Gasteiger partial charge in [0.15, 0.2) is 10.3 Å². The summed E-state index contributed by atoms with van der Waals surface area (Å²) in [5.41, 5.74) is 7.23. The van der Waals surface area contributed by atoms with Crippen LogP contribution in [0.2, 0.25) is 0 Å². The smallest absolute Gasteiger partial charge is 0.406 e. The van der Waals surface area contributed by atoms with Gasteiger partial charge in [0.1, 0.15) is 5.75 Å². The molecule has 3 aromatic carbocycles. The third-order valence-corrected chi connectivity index (χ3v) is 8.37. The Labute approximate surface area is 269 Å². The summed E-state index contributed by atoms with van der Waals surface area (Å²) >= 11 is 6.90. The van der Waals surface area contributed by atoms with Crippen LogP contribution in [0, 0.1) is 6.92 Å². The number of rotatable bonds is 8. The quantitative estimate of drug-likeness (QED) is 0.198. The Morgan fingerprint density at radius 3 is 2.42 bits per heavy atom. The van der Waals surface area contributed by atoms with Crippen LogP contribution in [0.15, 0.2) is 77.8 Å². The number of hydrogen-bond donors (Lipinski definition) is 1. The highest BCUT2D eigenvalue weighted by molar-refractivity contribution is 8.15. The summed E-state index contributed by atoms with van der Waals surface area (Å²) in [5, 5.41) is 8.68. The van der Waals surface area contributed by atoms with Crippen molar-refractivity contribution in [3.05, 3.63) is 89.5 Å². The number of aromatic nitrogens is 2. The zero-order valence-electron chi connectivity index (χ0n) is 25.2. The summed E-state index contributed by atoms with van der Waals surface area (Å²) in [7, 11) is 1.79. The number of carbonyl (C=O) groups is 1. The molecule has 1 N–H and O–H groups in total. The number of aryl methyl sites for hydroxylation is 2. The highest BCUT2D eigenvalue weighted by Gasteiger charge is 2.32. The van der Waals surface area contributed by atoms with Crippen LogP contribution < -0.4 is 15.0 Å². The summed E-state index contributed by atoms with van der Waals surface area (Å²) in [6.07, 6.45) is -4.03. The summed E-state index contributed by atoms with van der Waals surface area (Å²) in [4.78, 5) is 19.1. The Kier molecular flexibility index (Phi) is 9.64. The van der Waals surface area contributed by atoms with Gasteiger partial charge in [0, 0.05) is 24.7 Å². The molecule has 12 heteroatoms. The fourth-order valence-electron chi connectivity index (χ4n) is 5.01. The molecule has 0 radical (unpaired) electrons. The number of amides is 1. The molecule has 1 aliphatic heterocycles. The van der Waals surface area contributed by atoms with E-state index in [1.165, 1.54) is 23.9 Å². The fourth-order valence-corrected chi connectivity index (χ4v) is 6.12. The zero-order chi connectivity index (χ0) is 32.3. The van der Waals surface area contributed by atoms with Crippen molar-refractivity contribution in [3.63, 3.8) is 0 Å². The van der Waals surface area contributed by atoms with Crippen molar-refractivity contribution >= 4 is 45.9 Å². The Morgan fingerprint density at radius 1 is 1.07 bits per heavy atom. The summed E-state index contributed by atoms with van der Waals surface area (Å²) in [6, 6.07) is 21.7. The minimum atomic E-state index is -4.73. The SMILES string of the molecule is Cc1ccc(C(C)C)c(N2C(=O)CS/C2=N\C(=S)NCCc2ccc(-c3cc(-c4ccc(OC(F)(F)F)cc4)n(C)n3)cc2)c1. The first-order chi connectivity index (χ1) is 21.4. The van der Waals surface area contributed by atoms with Crippen molar-refractivity contribution in [1.29, 1.82) is 0 Å². The number of anilines is 1. The Morgan fingerprint density at radius 2 is 1.76 bits per heavy atom. The molecular weight excluding hydrogens is 620 g/mol. The molecule has 0 atom stereocenters. The van der Waals surface area contributed by atoms with E-state index in [0.717, 1.165) is 44.9 Å². The van der Waals surface area contributed by atoms with Crippen molar-refractivity contribution < 1.29 is 22.7 Å². The first kappa shape index (κ1) is 32.2. The Balaban J connectivity index is 1.19. The van der Waals surface area contributed by atoms with Crippen LogP contribution in [0.5, 0.6) is 5.75 Å². The van der Waals surface area contributed by atoms with Crippen molar-refractivity contribution in [2.24, 2.45) is 12.0 Å². The molecule has 1 saturated heterocycles. The van der Waals surface area contributed by atoms with E-state index in [-0.39, 0.29) is 17.6 Å². The molecule has 4 aromatic rings. The lowest BCUT2D eigenvalue weighted by Gasteiger charge is -2.22. The van der Waals surface area contributed by atoms with E-state index in [2.05, 4.69) is 46.1 Å². The summed E-state index contributed by atoms with van der Waals surface area (Å²) in [6.45, 7) is 6.78. The van der Waals surface area contributed by atoms with E-state index < -0.39 is 6.36 Å². The van der Waals surface area contributed by atoms with Crippen LogP contribution in [-0.4, -0.2) is 44.6 Å². The number of thiocarbonyl (C=S) groups is 1. The molecular formula is C33H32F3N5O2S2. The van der Waals surface area contributed by atoms with Gasteiger partial charge in [0.2, 0.25) is 5.91 Å². The molecule has 1 aromatic heterocycles. The van der Waals surface area contributed by atoms with Crippen LogP contribution in [0.4, 0.5) is 18.9 Å². The van der Waals surface area contributed by atoms with E-state index in [1.807, 2.05) is 43.3 Å². The maximum absolute atomic E-state index is 12.8. The van der Waals surface area contributed by atoms with Gasteiger partial charge in [-0.05, 0) is 84.6 Å². The normalized spacial score (nSPS) is 14.4. The molecule has 2 heterocycles. The van der Waals surface area contributed by atoms with E-state index in [0.29, 0.717) is 29.0 Å². The van der Waals surface area contributed by atoms with Crippen molar-refractivity contribution in [3.8, 4) is 28.3 Å². The van der Waals surface area contributed by atoms with Gasteiger partial charge in [0.25, 0.3) is 0 Å². The number of alkyl halides is 3. The molecule has 1 amide bonds. The minimum absolute atomic E-state index is 0.0115. The molecule has 1 fully saturated rings. The van der Waals surface area contributed by atoms with Gasteiger partial charge in [-0.1, -0.05) is 62.0 Å². The molecule has 234 valence electrons. The average molecular weight is 652 g/mol. The predicted octanol–water partition coefficient (Wildman–Crippen LogP) is 7.64. The molecule has 0 aliphatic carbocycles. The molecule has 5 rings (SSSR count). The van der Waals surface area contributed by atoms with E-state index in [4.69, 9.17) is 12.2 Å². The number of aliphatic imine (C=N–C) groups is 1. The largest absolute Gasteiger partial charge is 0.573 e. The predicted molar refractivity (Wildman–Crippen MR) is 178 cm³/mol.